The molecule has 0 amide bonds. The van der Waals surface area contributed by atoms with Crippen LogP contribution in [0.1, 0.15) is 46.6 Å². The summed E-state index contributed by atoms with van der Waals surface area (Å²) in [4.78, 5) is 11.2. The van der Waals surface area contributed by atoms with Crippen molar-refractivity contribution in [2.45, 2.75) is 47.2 Å². The van der Waals surface area contributed by atoms with Crippen molar-refractivity contribution in [3.8, 4) is 11.1 Å². The summed E-state index contributed by atoms with van der Waals surface area (Å²) >= 11 is 0. The highest BCUT2D eigenvalue weighted by Crippen LogP contribution is 2.34. The van der Waals surface area contributed by atoms with Crippen LogP contribution in [0, 0.1) is 11.6 Å². The number of hydrogen-bond donors (Lipinski definition) is 3. The Hall–Kier alpha value is -5.04. The first-order valence-electron chi connectivity index (χ1n) is 15.8. The van der Waals surface area contributed by atoms with Crippen LogP contribution < -0.4 is 16.0 Å². The lowest BCUT2D eigenvalue weighted by molar-refractivity contribution is -0.110. The Labute approximate surface area is 285 Å². The van der Waals surface area contributed by atoms with Gasteiger partial charge in [0.05, 0.1) is 17.6 Å². The van der Waals surface area contributed by atoms with E-state index in [0.29, 0.717) is 39.6 Å². The summed E-state index contributed by atoms with van der Waals surface area (Å²) in [5, 5.41) is 13.4. The van der Waals surface area contributed by atoms with Gasteiger partial charge in [-0.15, -0.1) is 0 Å². The molecule has 0 saturated heterocycles. The molecule has 0 unspecified atom stereocenters. The average Bonchev–Trinajstić information content (AvgIpc) is 3.48. The van der Waals surface area contributed by atoms with Gasteiger partial charge >= 0.3 is 6.18 Å². The van der Waals surface area contributed by atoms with Crippen molar-refractivity contribution in [2.24, 2.45) is 7.05 Å². The van der Waals surface area contributed by atoms with Crippen molar-refractivity contribution in [3.63, 3.8) is 0 Å². The highest BCUT2D eigenvalue weighted by Gasteiger charge is 2.18. The summed E-state index contributed by atoms with van der Waals surface area (Å²) in [5.74, 6) is -0.262. The van der Waals surface area contributed by atoms with Crippen molar-refractivity contribution in [1.29, 1.82) is 0 Å². The number of aryl methyl sites for hydroxylation is 1. The lowest BCUT2D eigenvalue weighted by atomic mass is 9.96. The fourth-order valence-corrected chi connectivity index (χ4v) is 4.38. The monoisotopic (exact) mass is 684 g/mol. The first-order valence-corrected chi connectivity index (χ1v) is 15.8. The van der Waals surface area contributed by atoms with Crippen LogP contribution in [0.15, 0.2) is 86.0 Å². The van der Waals surface area contributed by atoms with Gasteiger partial charge in [0.2, 0.25) is 5.95 Å². The van der Waals surface area contributed by atoms with Crippen LogP contribution in [0.2, 0.25) is 0 Å². The lowest BCUT2D eigenvalue weighted by Crippen LogP contribution is -2.23. The Kier molecular flexibility index (Phi) is 15.6. The molecule has 1 aliphatic heterocycles. The topological polar surface area (TPSA) is 82.9 Å². The van der Waals surface area contributed by atoms with Crippen LogP contribution in [0.5, 0.6) is 0 Å². The molecule has 5 rings (SSSR count). The number of rotatable bonds is 9. The van der Waals surface area contributed by atoms with Gasteiger partial charge in [-0.05, 0) is 54.9 Å². The largest absolute Gasteiger partial charge is 0.386 e. The summed E-state index contributed by atoms with van der Waals surface area (Å²) in [7, 11) is 3.84. The Morgan fingerprint density at radius 2 is 1.61 bits per heavy atom. The number of aromatic nitrogens is 4. The van der Waals surface area contributed by atoms with E-state index in [0.717, 1.165) is 25.1 Å². The van der Waals surface area contributed by atoms with E-state index in [2.05, 4.69) is 55.2 Å². The van der Waals surface area contributed by atoms with Gasteiger partial charge in [-0.2, -0.15) is 23.3 Å². The van der Waals surface area contributed by atoms with Gasteiger partial charge in [0.25, 0.3) is 0 Å². The molecule has 3 N–H and O–H groups in total. The number of hydrogen-bond acceptors (Lipinski definition) is 7. The van der Waals surface area contributed by atoms with Gasteiger partial charge in [-0.1, -0.05) is 59.1 Å². The number of nitrogens with one attached hydrogen (secondary N) is 3. The van der Waals surface area contributed by atoms with Crippen LogP contribution in [-0.4, -0.2) is 51.0 Å². The molecule has 49 heavy (non-hydrogen) atoms. The standard InChI is InChI=1S/C30H30F2N8.C2H3F3.2C2H6/c1-5-19(2)35-22-7-9-26(31)28(15-22)37-29-25(17-33-30(38-29)36-23-16-34-40(4)18-23)21-6-8-24(27(32)14-21)20-10-12-39(3)13-11-20;1-2(3,4)5;2*1-2/h5-10,14-18,35H,1-2,11-13H2,3-4H3,(H2,33,36,37,38);1H3;2*1-2H3. The number of likely N-dealkylation sites (N-methyl/N-ethyl adjacent to an activating group) is 1. The number of alkyl halides is 3. The van der Waals surface area contributed by atoms with Crippen molar-refractivity contribution in [2.75, 3.05) is 36.1 Å². The quantitative estimate of drug-likeness (QED) is 0.120. The van der Waals surface area contributed by atoms with E-state index in [-0.39, 0.29) is 24.4 Å². The maximum absolute atomic E-state index is 15.4. The second-order valence-corrected chi connectivity index (χ2v) is 10.4. The molecule has 0 radical (unpaired) electrons. The smallest absolute Gasteiger partial charge is 0.356 e. The Morgan fingerprint density at radius 1 is 0.918 bits per heavy atom. The Bertz CT molecular complexity index is 1710. The van der Waals surface area contributed by atoms with Gasteiger partial charge < -0.3 is 20.9 Å². The number of allylic oxidation sites excluding steroid dienone is 1. The van der Waals surface area contributed by atoms with Crippen LogP contribution in [0.3, 0.4) is 0 Å². The number of halogens is 5. The molecule has 8 nitrogen and oxygen atoms in total. The maximum Gasteiger partial charge on any atom is 0.386 e. The summed E-state index contributed by atoms with van der Waals surface area (Å²) in [5.41, 5.74) is 4.66. The van der Waals surface area contributed by atoms with Crippen molar-refractivity contribution < 1.29 is 22.0 Å². The van der Waals surface area contributed by atoms with Crippen LogP contribution in [-0.2, 0) is 7.05 Å². The normalized spacial score (nSPS) is 12.4. The zero-order chi connectivity index (χ0) is 36.7. The fraction of sp³-hybridized carbons (Fsp3) is 0.306. The number of nitrogens with zero attached hydrogens (tertiary/aromatic N) is 5. The molecule has 264 valence electrons. The number of anilines is 5. The van der Waals surface area contributed by atoms with E-state index < -0.39 is 12.0 Å². The first-order chi connectivity index (χ1) is 23.3. The Morgan fingerprint density at radius 3 is 2.18 bits per heavy atom. The van der Waals surface area contributed by atoms with Gasteiger partial charge in [-0.25, -0.2) is 13.8 Å². The van der Waals surface area contributed by atoms with Crippen molar-refractivity contribution in [1.82, 2.24) is 24.6 Å². The SMILES string of the molecule is C=CC(=C)Nc1ccc(F)c(Nc2nc(Nc3cnn(C)c3)ncc2-c2ccc(C3=CCN(C)CC3)c(F)c2)c1.CC.CC.CC(F)(F)F. The second kappa shape index (κ2) is 19.1. The predicted molar refractivity (Wildman–Crippen MR) is 191 cm³/mol. The molecule has 0 aliphatic carbocycles. The molecule has 3 heterocycles. The minimum Gasteiger partial charge on any atom is -0.356 e. The summed E-state index contributed by atoms with van der Waals surface area (Å²) < 4.78 is 63.0. The molecule has 4 aromatic rings. The molecule has 0 bridgehead atoms. The van der Waals surface area contributed by atoms with Gasteiger partial charge in [0.15, 0.2) is 0 Å². The third kappa shape index (κ3) is 12.8. The molecular formula is C36H45F5N8. The van der Waals surface area contributed by atoms with E-state index in [4.69, 9.17) is 0 Å². The molecule has 0 saturated carbocycles. The molecule has 0 spiro atoms. The van der Waals surface area contributed by atoms with E-state index >= 15 is 4.39 Å². The summed E-state index contributed by atoms with van der Waals surface area (Å²) in [6.45, 7) is 17.4. The average molecular weight is 685 g/mol. The van der Waals surface area contributed by atoms with E-state index in [1.165, 1.54) is 12.1 Å². The fourth-order valence-electron chi connectivity index (χ4n) is 4.38. The predicted octanol–water partition coefficient (Wildman–Crippen LogP) is 10.1. The minimum atomic E-state index is -4.00. The van der Waals surface area contributed by atoms with Crippen LogP contribution in [0.4, 0.5) is 50.8 Å². The van der Waals surface area contributed by atoms with Crippen LogP contribution in [0.25, 0.3) is 16.7 Å². The summed E-state index contributed by atoms with van der Waals surface area (Å²) in [6, 6.07) is 9.60. The van der Waals surface area contributed by atoms with Crippen LogP contribution >= 0.6 is 0 Å². The number of benzene rings is 2. The van der Waals surface area contributed by atoms with E-state index in [1.54, 1.807) is 54.6 Å². The van der Waals surface area contributed by atoms with E-state index in [9.17, 15) is 17.6 Å². The summed E-state index contributed by atoms with van der Waals surface area (Å²) in [6.07, 6.45) is 5.39. The molecule has 2 aromatic carbocycles. The molecule has 0 atom stereocenters. The van der Waals surface area contributed by atoms with Crippen molar-refractivity contribution in [3.05, 3.63) is 103 Å². The van der Waals surface area contributed by atoms with E-state index in [1.807, 2.05) is 40.8 Å². The molecule has 13 heteroatoms. The first kappa shape index (κ1) is 40.1. The zero-order valence-electron chi connectivity index (χ0n) is 29.0. The molecule has 1 aliphatic rings. The second-order valence-electron chi connectivity index (χ2n) is 10.4. The van der Waals surface area contributed by atoms with Gasteiger partial charge in [-0.3, -0.25) is 4.68 Å². The zero-order valence-corrected chi connectivity index (χ0v) is 29.0. The molecule has 2 aromatic heterocycles. The van der Waals surface area contributed by atoms with Gasteiger partial charge in [0, 0.05) is 62.0 Å². The van der Waals surface area contributed by atoms with Crippen molar-refractivity contribution >= 4 is 34.4 Å². The third-order valence-corrected chi connectivity index (χ3v) is 6.56. The highest BCUT2D eigenvalue weighted by molar-refractivity contribution is 5.81. The maximum atomic E-state index is 15.4. The minimum absolute atomic E-state index is 0.169. The molecule has 0 fully saturated rings. The Balaban J connectivity index is 0.000000837. The molecular weight excluding hydrogens is 639 g/mol. The van der Waals surface area contributed by atoms with Gasteiger partial charge in [0.1, 0.15) is 17.5 Å². The lowest BCUT2D eigenvalue weighted by Gasteiger charge is -2.22. The third-order valence-electron chi connectivity index (χ3n) is 6.56. The highest BCUT2D eigenvalue weighted by atomic mass is 19.4.